The van der Waals surface area contributed by atoms with Gasteiger partial charge in [-0.25, -0.2) is 28.5 Å². The van der Waals surface area contributed by atoms with Crippen LogP contribution in [-0.4, -0.2) is 147 Å². The van der Waals surface area contributed by atoms with E-state index in [1.54, 1.807) is 55.4 Å². The summed E-state index contributed by atoms with van der Waals surface area (Å²) >= 11 is 9.11. The van der Waals surface area contributed by atoms with Gasteiger partial charge in [-0.3, -0.25) is 19.9 Å². The van der Waals surface area contributed by atoms with Gasteiger partial charge < -0.3 is 46.9 Å². The van der Waals surface area contributed by atoms with Crippen LogP contribution in [0.25, 0.3) is 55.0 Å². The maximum Gasteiger partial charge on any atom is 0.495 e. The second-order valence-corrected chi connectivity index (χ2v) is 31.4. The third kappa shape index (κ3) is 18.9. The number of halogens is 2. The number of benzene rings is 6. The lowest BCUT2D eigenvalue weighted by molar-refractivity contribution is 0.00578. The first-order valence-corrected chi connectivity index (χ1v) is 38.1. The molecule has 27 heteroatoms. The molecule has 22 nitrogen and oxygen atoms in total. The molecule has 0 atom stereocenters. The number of pyridine rings is 4. The number of hydrogen-bond acceptors (Lipinski definition) is 20. The highest BCUT2D eigenvalue weighted by atomic mass is 79.9. The summed E-state index contributed by atoms with van der Waals surface area (Å²) in [6, 6.07) is 44.4. The zero-order chi connectivity index (χ0) is 82.1. The molecule has 15 rings (SSSR count). The van der Waals surface area contributed by atoms with Gasteiger partial charge >= 0.3 is 45.0 Å². The number of carbonyl (C=O) groups is 4. The van der Waals surface area contributed by atoms with E-state index in [1.807, 2.05) is 235 Å². The molecule has 12 aromatic rings. The Bertz CT molecular complexity index is 5320. The van der Waals surface area contributed by atoms with Crippen LogP contribution in [0.15, 0.2) is 194 Å². The van der Waals surface area contributed by atoms with Crippen molar-refractivity contribution in [3.05, 3.63) is 255 Å². The Morgan fingerprint density at radius 2 is 0.761 bits per heavy atom. The quantitative estimate of drug-likeness (QED) is 0.0505. The summed E-state index contributed by atoms with van der Waals surface area (Å²) in [5.41, 5.74) is 12.8. The van der Waals surface area contributed by atoms with Gasteiger partial charge in [0, 0.05) is 81.5 Å². The number of esters is 4. The molecule has 0 radical (unpaired) electrons. The summed E-state index contributed by atoms with van der Waals surface area (Å²) in [6.45, 7) is 32.3. The van der Waals surface area contributed by atoms with Gasteiger partial charge in [-0.15, -0.1) is 11.6 Å². The summed E-state index contributed by atoms with van der Waals surface area (Å²) in [5.74, 6) is -0.951. The number of aromatic nitrogens is 8. The molecular formula is C86H95B3BrClN8O14. The number of nitrogens with zero attached hydrogens (tertiary/aromatic N) is 8. The molecule has 3 fully saturated rings. The molecule has 0 saturated carbocycles. The Morgan fingerprint density at radius 1 is 0.407 bits per heavy atom. The Balaban J connectivity index is 0.000000146. The van der Waals surface area contributed by atoms with Crippen LogP contribution in [0.1, 0.15) is 163 Å². The van der Waals surface area contributed by atoms with Gasteiger partial charge in [0.15, 0.2) is 0 Å². The van der Waals surface area contributed by atoms with Crippen molar-refractivity contribution in [1.82, 2.24) is 39.5 Å². The Kier molecular flexibility index (Phi) is 26.9. The van der Waals surface area contributed by atoms with Crippen LogP contribution in [0, 0.1) is 27.7 Å². The lowest BCUT2D eigenvalue weighted by Crippen LogP contribution is -2.41. The summed E-state index contributed by atoms with van der Waals surface area (Å²) in [5, 5.41) is 12.2. The maximum atomic E-state index is 12.2. The average molecular weight is 1610 g/mol. The molecule has 0 aliphatic carbocycles. The largest absolute Gasteiger partial charge is 0.495 e. The van der Waals surface area contributed by atoms with Gasteiger partial charge in [-0.1, -0.05) is 70.5 Å². The van der Waals surface area contributed by atoms with Crippen molar-refractivity contribution in [2.75, 3.05) is 28.4 Å². The van der Waals surface area contributed by atoms with Gasteiger partial charge in [0.2, 0.25) is 0 Å². The van der Waals surface area contributed by atoms with Crippen LogP contribution in [0.2, 0.25) is 0 Å². The summed E-state index contributed by atoms with van der Waals surface area (Å²) in [7, 11) is 4.01. The second-order valence-electron chi connectivity index (χ2n) is 30.3. The second kappa shape index (κ2) is 35.6. The molecular weight excluding hydrogens is 1520 g/mol. The first-order valence-electron chi connectivity index (χ1n) is 36.8. The minimum Gasteiger partial charge on any atom is -0.465 e. The number of hydrogen-bond donors (Lipinski definition) is 0. The Labute approximate surface area is 674 Å². The zero-order valence-corrected chi connectivity index (χ0v) is 69.9. The standard InChI is InChI=1S/C22H19N3O2.C18H22BNO4.C12H24B2O4.C12H10BrNO2.C12H11NO2.C10H9ClN2/c1-15-17(13-16-6-8-18(9-7-16)25-12-4-11-24-25)14-20(22(26)27-2)21-19(15)5-3-10-23-21;1-11-12-8-7-9-20-15(12)13(16(21)22-6)10-14(11)19-23-17(2,3)18(4,5)24-19;1-9(2)10(3,4)16-13(15-9)14-17-11(5,6)12(7,8)18-14;1-7-8-4-3-5-14-11(8)9(6-10(7)13)12(15)16-2;1-8-5-6-10(12(14)15-2)11-9(8)4-3-7-13-11;11-8-9-2-4-10(5-3-9)13-7-1-6-12-13/h3-12,14H,13H2,1-2H3;7-10H,1-6H3;1-8H3;3-6H,1-2H3;3-7H,1-2H3;1-7H,8H2. The molecule has 113 heavy (non-hydrogen) atoms. The molecule has 0 N–H and O–H groups in total. The summed E-state index contributed by atoms with van der Waals surface area (Å²) in [4.78, 5) is 64.7. The first-order chi connectivity index (χ1) is 53.5. The smallest absolute Gasteiger partial charge is 0.465 e. The number of alkyl halides is 1. The van der Waals surface area contributed by atoms with Crippen LogP contribution < -0.4 is 5.46 Å². The van der Waals surface area contributed by atoms with Gasteiger partial charge in [0.05, 0.1) is 118 Å². The Morgan fingerprint density at radius 3 is 1.16 bits per heavy atom. The van der Waals surface area contributed by atoms with E-state index in [9.17, 15) is 19.2 Å². The molecule has 3 saturated heterocycles. The van der Waals surface area contributed by atoms with Crippen molar-refractivity contribution in [1.29, 1.82) is 0 Å². The molecule has 6 aromatic heterocycles. The van der Waals surface area contributed by atoms with E-state index in [1.165, 1.54) is 28.4 Å². The van der Waals surface area contributed by atoms with Crippen LogP contribution in [0.3, 0.4) is 0 Å². The number of rotatable bonds is 11. The minimum atomic E-state index is -0.539. The number of carbonyl (C=O) groups excluding carboxylic acids is 4. The normalized spacial score (nSPS) is 15.7. The zero-order valence-electron chi connectivity index (χ0n) is 67.6. The Hall–Kier alpha value is -10.0. The van der Waals surface area contributed by atoms with Crippen molar-refractivity contribution in [2.45, 2.75) is 157 Å². The highest BCUT2D eigenvalue weighted by molar-refractivity contribution is 9.10. The van der Waals surface area contributed by atoms with E-state index in [4.69, 9.17) is 58.5 Å². The fraction of sp³-hybridized carbons (Fsp3) is 0.326. The predicted molar refractivity (Wildman–Crippen MR) is 446 cm³/mol. The van der Waals surface area contributed by atoms with Crippen LogP contribution in [-0.2, 0) is 59.2 Å². The van der Waals surface area contributed by atoms with E-state index in [-0.39, 0.29) is 40.3 Å². The molecule has 0 spiro atoms. The molecule has 6 aromatic carbocycles. The first kappa shape index (κ1) is 85.4. The molecule has 0 amide bonds. The minimum absolute atomic E-state index is 0.348. The van der Waals surface area contributed by atoms with E-state index in [0.717, 1.165) is 88.2 Å². The number of fused-ring (bicyclic) bond motifs is 4. The highest BCUT2D eigenvalue weighted by Crippen LogP contribution is 2.44. The third-order valence-electron chi connectivity index (χ3n) is 21.4. The lowest BCUT2D eigenvalue weighted by Gasteiger charge is -2.32. The molecule has 3 aliphatic rings. The van der Waals surface area contributed by atoms with Crippen molar-refractivity contribution in [3.8, 4) is 11.4 Å². The fourth-order valence-corrected chi connectivity index (χ4v) is 13.2. The van der Waals surface area contributed by atoms with Crippen molar-refractivity contribution in [2.24, 2.45) is 0 Å². The fourth-order valence-electron chi connectivity index (χ4n) is 12.6. The van der Waals surface area contributed by atoms with Crippen LogP contribution in [0.4, 0.5) is 0 Å². The SMILES string of the molecule is CC1(C)OB(B2OC(C)(C)C(C)(C)O2)OC1(C)C.COC(=O)c1cc(B2OC(C)(C)C(C)(C)O2)c(C)c2cccnc12.COC(=O)c1cc(Br)c(C)c2cccnc12.COC(=O)c1cc(Cc2ccc(-n3cccn3)cc2)c(C)c2cccnc12.COC(=O)c1ccc(C)c2cccnc12.ClCc1ccc(-n2cccn2)cc1. The van der Waals surface area contributed by atoms with Gasteiger partial charge in [-0.05, 0) is 247 Å². The molecule has 9 heterocycles. The van der Waals surface area contributed by atoms with Crippen LogP contribution >= 0.6 is 27.5 Å². The highest BCUT2D eigenvalue weighted by Gasteiger charge is 2.64. The number of ether oxygens (including phenoxy) is 4. The van der Waals surface area contributed by atoms with E-state index >= 15 is 0 Å². The monoisotopic (exact) mass is 1610 g/mol. The van der Waals surface area contributed by atoms with Crippen molar-refractivity contribution < 1.29 is 66.1 Å². The van der Waals surface area contributed by atoms with E-state index in [2.05, 4.69) is 65.1 Å². The van der Waals surface area contributed by atoms with Gasteiger partial charge in [0.1, 0.15) is 0 Å². The third-order valence-corrected chi connectivity index (χ3v) is 22.5. The molecule has 0 unspecified atom stereocenters. The van der Waals surface area contributed by atoms with Gasteiger partial charge in [-0.2, -0.15) is 10.2 Å². The maximum absolute atomic E-state index is 12.2. The molecule has 586 valence electrons. The van der Waals surface area contributed by atoms with Crippen molar-refractivity contribution in [3.63, 3.8) is 0 Å². The lowest BCUT2D eigenvalue weighted by atomic mass is 9.49. The molecule has 3 aliphatic heterocycles. The average Bonchev–Trinajstić information content (AvgIpc) is 1.62. The van der Waals surface area contributed by atoms with Gasteiger partial charge in [0.25, 0.3) is 0 Å². The van der Waals surface area contributed by atoms with Crippen LogP contribution in [0.5, 0.6) is 0 Å². The number of methoxy groups -OCH3 is 4. The topological polar surface area (TPSA) is 248 Å². The van der Waals surface area contributed by atoms with E-state index in [0.29, 0.717) is 50.2 Å². The number of aryl methyl sites for hydroxylation is 4. The summed E-state index contributed by atoms with van der Waals surface area (Å²) in [6.07, 6.45) is 14.8. The predicted octanol–water partition coefficient (Wildman–Crippen LogP) is 17.0. The summed E-state index contributed by atoms with van der Waals surface area (Å²) < 4.78 is 60.0. The van der Waals surface area contributed by atoms with Crippen molar-refractivity contribution >= 4 is 122 Å². The van der Waals surface area contributed by atoms with E-state index < -0.39 is 38.3 Å². The molecule has 0 bridgehead atoms.